The number of aromatic amines is 1. The van der Waals surface area contributed by atoms with Gasteiger partial charge in [-0.3, -0.25) is 9.89 Å². The van der Waals surface area contributed by atoms with Crippen molar-refractivity contribution in [1.29, 1.82) is 0 Å². The van der Waals surface area contributed by atoms with Crippen LogP contribution in [0, 0.1) is 0 Å². The molecule has 1 N–H and O–H groups in total. The van der Waals surface area contributed by atoms with Gasteiger partial charge in [0.2, 0.25) is 10.0 Å². The highest BCUT2D eigenvalue weighted by Gasteiger charge is 2.10. The molecule has 1 amide bonds. The highest BCUT2D eigenvalue weighted by atomic mass is 16.1. The van der Waals surface area contributed by atoms with Crippen molar-refractivity contribution in [3.05, 3.63) is 48.4 Å². The van der Waals surface area contributed by atoms with Gasteiger partial charge in [-0.25, -0.2) is 9.97 Å². The van der Waals surface area contributed by atoms with E-state index in [1.807, 2.05) is 6.07 Å². The minimum Gasteiger partial charge on any atom is -0.261 e. The van der Waals surface area contributed by atoms with Crippen molar-refractivity contribution >= 4 is 22.8 Å². The number of rotatable bonds is 2. The van der Waals surface area contributed by atoms with E-state index < -0.39 is 5.91 Å². The lowest BCUT2D eigenvalue weighted by atomic mass is 10.2. The van der Waals surface area contributed by atoms with Crippen LogP contribution in [0.15, 0.2) is 53.1 Å². The van der Waals surface area contributed by atoms with Crippen LogP contribution in [-0.4, -0.2) is 26.1 Å². The standard InChI is InChI=1S/C12H7N7O/c20-12(8-4-2-1-3-5-8)18-19-17-11-9-6-15-16-10(9)13-7-14-11/h1-7H/p+1. The van der Waals surface area contributed by atoms with E-state index in [9.17, 15) is 4.79 Å². The summed E-state index contributed by atoms with van der Waals surface area (Å²) in [6, 6.07) is 8.62. The molecule has 0 atom stereocenters. The number of carbonyl (C=O) groups excluding carboxylic acids is 1. The lowest BCUT2D eigenvalue weighted by molar-refractivity contribution is 0.0992. The SMILES string of the molecule is O=C(N=[N+]=Nc1ncnc2[nH]ncc12)c1ccccc1. The van der Waals surface area contributed by atoms with E-state index >= 15 is 0 Å². The normalized spacial score (nSPS) is 10.0. The number of aromatic nitrogens is 4. The van der Waals surface area contributed by atoms with Gasteiger partial charge >= 0.3 is 5.91 Å². The number of fused-ring (bicyclic) bond motifs is 1. The zero-order valence-corrected chi connectivity index (χ0v) is 10.1. The second-order valence-electron chi connectivity index (χ2n) is 3.79. The summed E-state index contributed by atoms with van der Waals surface area (Å²) < 4.78 is 0. The number of carbonyl (C=O) groups is 1. The van der Waals surface area contributed by atoms with Crippen LogP contribution in [0.4, 0.5) is 5.82 Å². The second kappa shape index (κ2) is 5.17. The summed E-state index contributed by atoms with van der Waals surface area (Å²) in [5.74, 6) is -0.166. The molecule has 8 nitrogen and oxygen atoms in total. The van der Waals surface area contributed by atoms with E-state index in [1.54, 1.807) is 24.3 Å². The molecule has 8 heteroatoms. The summed E-state index contributed by atoms with van der Waals surface area (Å²) >= 11 is 0. The first kappa shape index (κ1) is 11.8. The first-order chi connectivity index (χ1) is 9.84. The van der Waals surface area contributed by atoms with E-state index in [-0.39, 0.29) is 0 Å². The van der Waals surface area contributed by atoms with Gasteiger partial charge in [0.05, 0.1) is 11.6 Å². The summed E-state index contributed by atoms with van der Waals surface area (Å²) in [4.78, 5) is 23.1. The summed E-state index contributed by atoms with van der Waals surface area (Å²) in [6.07, 6.45) is 2.86. The Morgan fingerprint density at radius 2 is 2.05 bits per heavy atom. The van der Waals surface area contributed by atoms with E-state index in [0.717, 1.165) is 0 Å². The van der Waals surface area contributed by atoms with Gasteiger partial charge in [0, 0.05) is 5.56 Å². The number of hydrogen-bond donors (Lipinski definition) is 1. The predicted molar refractivity (Wildman–Crippen MR) is 69.1 cm³/mol. The lowest BCUT2D eigenvalue weighted by Gasteiger charge is -1.86. The first-order valence-electron chi connectivity index (χ1n) is 5.70. The molecular weight excluding hydrogens is 258 g/mol. The van der Waals surface area contributed by atoms with E-state index in [0.29, 0.717) is 22.4 Å². The van der Waals surface area contributed by atoms with Gasteiger partial charge in [-0.15, -0.1) is 0 Å². The Bertz CT molecular complexity index is 818. The van der Waals surface area contributed by atoms with Crippen molar-refractivity contribution in [3.8, 4) is 0 Å². The van der Waals surface area contributed by atoms with E-state index in [2.05, 4.69) is 35.3 Å². The van der Waals surface area contributed by atoms with Gasteiger partial charge in [0.25, 0.3) is 5.82 Å². The summed E-state index contributed by atoms with van der Waals surface area (Å²) in [5, 5.41) is 14.4. The number of nitrogens with zero attached hydrogens (tertiary/aromatic N) is 6. The van der Waals surface area contributed by atoms with Crippen molar-refractivity contribution < 1.29 is 4.79 Å². The van der Waals surface area contributed by atoms with Crippen LogP contribution in [0.2, 0.25) is 0 Å². The highest BCUT2D eigenvalue weighted by molar-refractivity contribution is 5.94. The van der Waals surface area contributed by atoms with E-state index in [1.165, 1.54) is 12.5 Å². The number of benzene rings is 1. The maximum atomic E-state index is 11.7. The molecule has 0 aliphatic rings. The van der Waals surface area contributed by atoms with Gasteiger partial charge in [0.15, 0.2) is 10.8 Å². The average molecular weight is 266 g/mol. The van der Waals surface area contributed by atoms with Crippen LogP contribution in [0.5, 0.6) is 0 Å². The Kier molecular flexibility index (Phi) is 3.05. The smallest absolute Gasteiger partial charge is 0.261 e. The van der Waals surface area contributed by atoms with Crippen LogP contribution in [-0.2, 0) is 0 Å². The van der Waals surface area contributed by atoms with Gasteiger partial charge < -0.3 is 0 Å². The lowest BCUT2D eigenvalue weighted by Crippen LogP contribution is -1.93. The van der Waals surface area contributed by atoms with Gasteiger partial charge in [-0.1, -0.05) is 18.2 Å². The zero-order chi connectivity index (χ0) is 13.8. The fraction of sp³-hybridized carbons (Fsp3) is 0. The number of amides is 1. The van der Waals surface area contributed by atoms with Crippen LogP contribution in [0.3, 0.4) is 0 Å². The second-order valence-corrected chi connectivity index (χ2v) is 3.79. The van der Waals surface area contributed by atoms with Crippen molar-refractivity contribution in [2.75, 3.05) is 0 Å². The first-order valence-corrected chi connectivity index (χ1v) is 5.70. The third-order valence-corrected chi connectivity index (χ3v) is 2.52. The zero-order valence-electron chi connectivity index (χ0n) is 10.1. The van der Waals surface area contributed by atoms with Gasteiger partial charge in [0.1, 0.15) is 6.33 Å². The monoisotopic (exact) mass is 266 g/mol. The van der Waals surface area contributed by atoms with Crippen molar-refractivity contribution in [2.45, 2.75) is 0 Å². The molecule has 0 radical (unpaired) electrons. The van der Waals surface area contributed by atoms with Gasteiger partial charge in [-0.05, 0) is 12.1 Å². The highest BCUT2D eigenvalue weighted by Crippen LogP contribution is 2.17. The maximum absolute atomic E-state index is 11.7. The molecule has 20 heavy (non-hydrogen) atoms. The Balaban J connectivity index is 1.89. The Morgan fingerprint density at radius 1 is 1.20 bits per heavy atom. The maximum Gasteiger partial charge on any atom is 0.360 e. The Hall–Kier alpha value is -3.25. The number of H-pyrrole nitrogens is 1. The molecule has 2 aromatic heterocycles. The van der Waals surface area contributed by atoms with E-state index in [4.69, 9.17) is 0 Å². The average Bonchev–Trinajstić information content (AvgIpc) is 2.97. The molecule has 3 aromatic rings. The largest absolute Gasteiger partial charge is 0.360 e. The van der Waals surface area contributed by atoms with Crippen molar-refractivity contribution in [1.82, 2.24) is 25.1 Å². The molecule has 3 rings (SSSR count). The van der Waals surface area contributed by atoms with Crippen LogP contribution in [0.1, 0.15) is 10.4 Å². The molecule has 0 bridgehead atoms. The minimum absolute atomic E-state index is 0.299. The molecule has 0 unspecified atom stereocenters. The molecule has 0 saturated heterocycles. The fourth-order valence-electron chi connectivity index (χ4n) is 1.58. The van der Waals surface area contributed by atoms with Crippen molar-refractivity contribution in [3.63, 3.8) is 0 Å². The molecule has 0 aliphatic heterocycles. The topological polar surface area (TPSA) is 110 Å². The summed E-state index contributed by atoms with van der Waals surface area (Å²) in [7, 11) is 0. The van der Waals surface area contributed by atoms with Crippen LogP contribution >= 0.6 is 0 Å². The quantitative estimate of drug-likeness (QED) is 0.563. The molecule has 0 spiro atoms. The van der Waals surface area contributed by atoms with Crippen molar-refractivity contribution in [2.24, 2.45) is 10.2 Å². The third-order valence-electron chi connectivity index (χ3n) is 2.52. The molecule has 2 heterocycles. The summed E-state index contributed by atoms with van der Waals surface area (Å²) in [6.45, 7) is 0. The molecule has 0 saturated carbocycles. The third kappa shape index (κ3) is 2.31. The minimum atomic E-state index is -0.466. The predicted octanol–water partition coefficient (Wildman–Crippen LogP) is 1.80. The van der Waals surface area contributed by atoms with Crippen LogP contribution < -0.4 is 4.91 Å². The van der Waals surface area contributed by atoms with Gasteiger partial charge in [-0.2, -0.15) is 5.10 Å². The molecule has 0 aliphatic carbocycles. The molecule has 96 valence electrons. The summed E-state index contributed by atoms with van der Waals surface area (Å²) in [5.41, 5.74) is 0.992. The Labute approximate surface area is 112 Å². The fourth-order valence-corrected chi connectivity index (χ4v) is 1.58. The molecular formula is C12H8N7O+. The molecule has 0 fully saturated rings. The number of hydrogen-bond acceptors (Lipinski definition) is 5. The molecule has 1 aromatic carbocycles. The Morgan fingerprint density at radius 3 is 2.90 bits per heavy atom. The number of nitrogens with one attached hydrogen (secondary N) is 1. The van der Waals surface area contributed by atoms with Crippen LogP contribution in [0.25, 0.3) is 11.0 Å².